The molecule has 1 amide bonds. The first kappa shape index (κ1) is 18.1. The number of rotatable bonds is 3. The van der Waals surface area contributed by atoms with Gasteiger partial charge in [0.25, 0.3) is 5.56 Å². The second-order valence-electron chi connectivity index (χ2n) is 5.74. The zero-order chi connectivity index (χ0) is 19.1. The topological polar surface area (TPSA) is 64.0 Å². The fourth-order valence-electron chi connectivity index (χ4n) is 2.54. The quantitative estimate of drug-likeness (QED) is 0.746. The molecule has 0 aliphatic rings. The number of thiophene rings is 1. The molecule has 0 spiro atoms. The normalized spacial score (nSPS) is 13.0. The predicted octanol–water partition coefficient (Wildman–Crippen LogP) is 3.98. The van der Waals surface area contributed by atoms with Crippen molar-refractivity contribution in [3.8, 4) is 0 Å². The highest BCUT2D eigenvalue weighted by atomic mass is 32.1. The summed E-state index contributed by atoms with van der Waals surface area (Å²) in [5.41, 5.74) is -1.72. The highest BCUT2D eigenvalue weighted by Crippen LogP contribution is 2.34. The standard InChI is InChI=1S/C17H14F3N3O2S/c1-9-7-11-15(26-9)21-8-23(16(11)25)10(2)14(24)22-13-6-4-3-5-12(13)17(18,19)20/h3-8,10H,1-2H3,(H,22,24)/t10-/m0/s1. The van der Waals surface area contributed by atoms with E-state index in [1.807, 2.05) is 6.92 Å². The van der Waals surface area contributed by atoms with Crippen LogP contribution < -0.4 is 10.9 Å². The van der Waals surface area contributed by atoms with E-state index in [0.29, 0.717) is 10.2 Å². The maximum absolute atomic E-state index is 13.0. The molecule has 3 rings (SSSR count). The number of aromatic nitrogens is 2. The number of carbonyl (C=O) groups is 1. The van der Waals surface area contributed by atoms with Crippen molar-refractivity contribution >= 4 is 33.1 Å². The van der Waals surface area contributed by atoms with Crippen LogP contribution in [0.15, 0.2) is 41.5 Å². The van der Waals surface area contributed by atoms with Gasteiger partial charge in [-0.15, -0.1) is 11.3 Å². The van der Waals surface area contributed by atoms with Crippen molar-refractivity contribution in [1.82, 2.24) is 9.55 Å². The van der Waals surface area contributed by atoms with Gasteiger partial charge in [0.2, 0.25) is 5.91 Å². The number of benzene rings is 1. The first-order chi connectivity index (χ1) is 12.2. The van der Waals surface area contributed by atoms with Crippen molar-refractivity contribution < 1.29 is 18.0 Å². The van der Waals surface area contributed by atoms with E-state index in [2.05, 4.69) is 10.3 Å². The number of alkyl halides is 3. The van der Waals surface area contributed by atoms with Gasteiger partial charge in [0.1, 0.15) is 10.9 Å². The number of hydrogen-bond donors (Lipinski definition) is 1. The van der Waals surface area contributed by atoms with Crippen molar-refractivity contribution in [2.75, 3.05) is 5.32 Å². The molecule has 0 saturated carbocycles. The van der Waals surface area contributed by atoms with Gasteiger partial charge >= 0.3 is 6.18 Å². The Morgan fingerprint density at radius 1 is 1.31 bits per heavy atom. The van der Waals surface area contributed by atoms with Crippen molar-refractivity contribution in [3.05, 3.63) is 57.5 Å². The van der Waals surface area contributed by atoms with Crippen LogP contribution in [0.2, 0.25) is 0 Å². The van der Waals surface area contributed by atoms with E-state index in [4.69, 9.17) is 0 Å². The number of aryl methyl sites for hydroxylation is 1. The molecule has 0 unspecified atom stereocenters. The number of anilines is 1. The van der Waals surface area contributed by atoms with Crippen LogP contribution in [0.3, 0.4) is 0 Å². The first-order valence-corrected chi connectivity index (χ1v) is 8.44. The van der Waals surface area contributed by atoms with E-state index in [9.17, 15) is 22.8 Å². The van der Waals surface area contributed by atoms with E-state index in [0.717, 1.165) is 15.5 Å². The minimum Gasteiger partial charge on any atom is -0.324 e. The van der Waals surface area contributed by atoms with Crippen molar-refractivity contribution in [2.45, 2.75) is 26.1 Å². The summed E-state index contributed by atoms with van der Waals surface area (Å²) in [6.07, 6.45) is -3.36. The maximum Gasteiger partial charge on any atom is 0.418 e. The van der Waals surface area contributed by atoms with Gasteiger partial charge < -0.3 is 5.32 Å². The molecule has 1 aromatic carbocycles. The highest BCUT2D eigenvalue weighted by Gasteiger charge is 2.34. The van der Waals surface area contributed by atoms with Crippen LogP contribution in [0.4, 0.5) is 18.9 Å². The summed E-state index contributed by atoms with van der Waals surface area (Å²) in [4.78, 5) is 30.6. The number of halogens is 3. The highest BCUT2D eigenvalue weighted by molar-refractivity contribution is 7.18. The van der Waals surface area contributed by atoms with Gasteiger partial charge in [-0.25, -0.2) is 4.98 Å². The van der Waals surface area contributed by atoms with Gasteiger partial charge in [-0.3, -0.25) is 14.2 Å². The maximum atomic E-state index is 13.0. The van der Waals surface area contributed by atoms with Crippen LogP contribution in [0.5, 0.6) is 0 Å². The molecule has 2 aromatic heterocycles. The number of hydrogen-bond acceptors (Lipinski definition) is 4. The molecule has 0 bridgehead atoms. The van der Waals surface area contributed by atoms with E-state index in [1.54, 1.807) is 6.07 Å². The lowest BCUT2D eigenvalue weighted by atomic mass is 10.1. The summed E-state index contributed by atoms with van der Waals surface area (Å²) in [6, 6.07) is 5.33. The molecule has 3 aromatic rings. The number of fused-ring (bicyclic) bond motifs is 1. The number of nitrogens with one attached hydrogen (secondary N) is 1. The third kappa shape index (κ3) is 3.34. The second kappa shape index (κ2) is 6.56. The monoisotopic (exact) mass is 381 g/mol. The molecule has 5 nitrogen and oxygen atoms in total. The molecule has 0 fully saturated rings. The number of para-hydroxylation sites is 1. The Morgan fingerprint density at radius 2 is 2.00 bits per heavy atom. The van der Waals surface area contributed by atoms with Crippen LogP contribution in [-0.4, -0.2) is 15.5 Å². The minimum absolute atomic E-state index is 0.356. The number of nitrogens with zero attached hydrogens (tertiary/aromatic N) is 2. The third-order valence-corrected chi connectivity index (χ3v) is 4.85. The molecule has 1 atom stereocenters. The van der Waals surface area contributed by atoms with Crippen molar-refractivity contribution in [1.29, 1.82) is 0 Å². The number of amides is 1. The molecule has 0 saturated heterocycles. The van der Waals surface area contributed by atoms with Crippen LogP contribution >= 0.6 is 11.3 Å². The molecule has 1 N–H and O–H groups in total. The summed E-state index contributed by atoms with van der Waals surface area (Å²) in [6.45, 7) is 3.26. The Hall–Kier alpha value is -2.68. The third-order valence-electron chi connectivity index (χ3n) is 3.89. The molecule has 9 heteroatoms. The van der Waals surface area contributed by atoms with Gasteiger partial charge in [0, 0.05) is 4.88 Å². The van der Waals surface area contributed by atoms with Crippen molar-refractivity contribution in [2.24, 2.45) is 0 Å². The molecular weight excluding hydrogens is 367 g/mol. The van der Waals surface area contributed by atoms with Gasteiger partial charge in [-0.2, -0.15) is 13.2 Å². The van der Waals surface area contributed by atoms with Crippen LogP contribution in [0, 0.1) is 6.92 Å². The Bertz CT molecular complexity index is 1040. The van der Waals surface area contributed by atoms with Crippen LogP contribution in [0.25, 0.3) is 10.2 Å². The zero-order valence-electron chi connectivity index (χ0n) is 13.8. The molecule has 26 heavy (non-hydrogen) atoms. The Balaban J connectivity index is 1.92. The fraction of sp³-hybridized carbons (Fsp3) is 0.235. The predicted molar refractivity (Wildman–Crippen MR) is 93.4 cm³/mol. The molecular formula is C17H14F3N3O2S. The molecule has 2 heterocycles. The zero-order valence-corrected chi connectivity index (χ0v) is 14.6. The van der Waals surface area contributed by atoms with E-state index >= 15 is 0 Å². The van der Waals surface area contributed by atoms with Crippen LogP contribution in [-0.2, 0) is 11.0 Å². The Labute approximate surface area is 150 Å². The van der Waals surface area contributed by atoms with Crippen molar-refractivity contribution in [3.63, 3.8) is 0 Å². The number of carbonyl (C=O) groups excluding carboxylic acids is 1. The van der Waals surface area contributed by atoms with Crippen LogP contribution in [0.1, 0.15) is 23.4 Å². The SMILES string of the molecule is Cc1cc2c(=O)n([C@@H](C)C(=O)Nc3ccccc3C(F)(F)F)cnc2s1. The second-order valence-corrected chi connectivity index (χ2v) is 6.98. The molecule has 0 aliphatic heterocycles. The Morgan fingerprint density at radius 3 is 2.69 bits per heavy atom. The summed E-state index contributed by atoms with van der Waals surface area (Å²) < 4.78 is 40.3. The smallest absolute Gasteiger partial charge is 0.324 e. The lowest BCUT2D eigenvalue weighted by molar-refractivity contribution is -0.137. The van der Waals surface area contributed by atoms with Gasteiger partial charge in [-0.05, 0) is 32.0 Å². The fourth-order valence-corrected chi connectivity index (χ4v) is 3.37. The summed E-state index contributed by atoms with van der Waals surface area (Å²) in [5, 5.41) is 2.63. The largest absolute Gasteiger partial charge is 0.418 e. The van der Waals surface area contributed by atoms with E-state index in [1.165, 1.54) is 42.8 Å². The van der Waals surface area contributed by atoms with Gasteiger partial charge in [0.05, 0.1) is 23.0 Å². The molecule has 136 valence electrons. The summed E-state index contributed by atoms with van der Waals surface area (Å²) in [5.74, 6) is -0.739. The molecule has 0 aliphatic carbocycles. The lowest BCUT2D eigenvalue weighted by Gasteiger charge is -2.17. The van der Waals surface area contributed by atoms with Gasteiger partial charge in [0.15, 0.2) is 0 Å². The van der Waals surface area contributed by atoms with E-state index in [-0.39, 0.29) is 5.69 Å². The average molecular weight is 381 g/mol. The first-order valence-electron chi connectivity index (χ1n) is 7.63. The Kier molecular flexibility index (Phi) is 4.57. The molecule has 0 radical (unpaired) electrons. The summed E-state index contributed by atoms with van der Waals surface area (Å²) in [7, 11) is 0. The minimum atomic E-state index is -4.60. The average Bonchev–Trinajstić information content (AvgIpc) is 2.95. The van der Waals surface area contributed by atoms with E-state index < -0.39 is 29.2 Å². The lowest BCUT2D eigenvalue weighted by Crippen LogP contribution is -2.32. The summed E-state index contributed by atoms with van der Waals surface area (Å²) >= 11 is 1.35. The van der Waals surface area contributed by atoms with Gasteiger partial charge in [-0.1, -0.05) is 12.1 Å².